The van der Waals surface area contributed by atoms with Crippen molar-refractivity contribution in [1.29, 1.82) is 0 Å². The maximum absolute atomic E-state index is 10.6. The number of hydrogen-bond acceptors (Lipinski definition) is 2. The zero-order valence-corrected chi connectivity index (χ0v) is 8.16. The van der Waals surface area contributed by atoms with E-state index in [1.807, 2.05) is 0 Å². The minimum absolute atomic E-state index is 0. The fourth-order valence-corrected chi connectivity index (χ4v) is 0.315. The van der Waals surface area contributed by atoms with Crippen molar-refractivity contribution in [2.75, 3.05) is 0 Å². The predicted octanol–water partition coefficient (Wildman–Crippen LogP) is 1.51. The Labute approximate surface area is 76.5 Å². The molecule has 0 heterocycles. The number of carbonyl (C=O) groups is 1. The Morgan fingerprint density at radius 1 is 1.50 bits per heavy atom. The van der Waals surface area contributed by atoms with Crippen molar-refractivity contribution in [3.63, 3.8) is 0 Å². The maximum atomic E-state index is 10.6. The number of ether oxygens (including phenoxy) is 1. The average molecular weight is 176 g/mol. The molecule has 0 bridgehead atoms. The summed E-state index contributed by atoms with van der Waals surface area (Å²) in [4.78, 5) is 10.6. The Hall–Kier alpha value is -0.0757. The smallest absolute Gasteiger partial charge is 0.333 e. The second-order valence-electron chi connectivity index (χ2n) is 2.23. The standard InChI is InChI=1S/C7H12O2.Ti/c1-5(2)7(8)9-6(3)4;/h6H,1H2,2-4H3;. The van der Waals surface area contributed by atoms with Gasteiger partial charge in [0.25, 0.3) is 0 Å². The van der Waals surface area contributed by atoms with Crippen LogP contribution in [-0.4, -0.2) is 12.1 Å². The summed E-state index contributed by atoms with van der Waals surface area (Å²) in [6.45, 7) is 8.68. The van der Waals surface area contributed by atoms with E-state index in [4.69, 9.17) is 4.74 Å². The van der Waals surface area contributed by atoms with E-state index in [9.17, 15) is 4.79 Å². The molecule has 0 rings (SSSR count). The molecule has 0 aromatic carbocycles. The van der Waals surface area contributed by atoms with Gasteiger partial charge in [-0.15, -0.1) is 0 Å². The summed E-state index contributed by atoms with van der Waals surface area (Å²) < 4.78 is 4.77. The van der Waals surface area contributed by atoms with Crippen LogP contribution >= 0.6 is 0 Å². The minimum Gasteiger partial charge on any atom is -0.460 e. The monoisotopic (exact) mass is 176 g/mol. The van der Waals surface area contributed by atoms with E-state index in [0.717, 1.165) is 0 Å². The normalized spacial score (nSPS) is 8.40. The summed E-state index contributed by atoms with van der Waals surface area (Å²) in [7, 11) is 0. The van der Waals surface area contributed by atoms with E-state index < -0.39 is 0 Å². The molecule has 0 aliphatic rings. The largest absolute Gasteiger partial charge is 0.460 e. The Morgan fingerprint density at radius 2 is 1.90 bits per heavy atom. The summed E-state index contributed by atoms with van der Waals surface area (Å²) in [5, 5.41) is 0. The van der Waals surface area contributed by atoms with E-state index in [1.165, 1.54) is 0 Å². The van der Waals surface area contributed by atoms with Crippen LogP contribution in [0.2, 0.25) is 0 Å². The third kappa shape index (κ3) is 6.05. The molecule has 0 radical (unpaired) electrons. The topological polar surface area (TPSA) is 26.3 Å². The molecule has 2 nitrogen and oxygen atoms in total. The molecule has 0 amide bonds. The summed E-state index contributed by atoms with van der Waals surface area (Å²) in [5.41, 5.74) is 0.448. The fraction of sp³-hybridized carbons (Fsp3) is 0.571. The SMILES string of the molecule is C=C(C)C(=O)OC(C)C.[Ti]. The number of carbonyl (C=O) groups excluding carboxylic acids is 1. The molecular formula is C7H12O2Ti. The number of hydrogen-bond donors (Lipinski definition) is 0. The predicted molar refractivity (Wildman–Crippen MR) is 36.0 cm³/mol. The van der Waals surface area contributed by atoms with Crippen molar-refractivity contribution in [2.45, 2.75) is 26.9 Å². The van der Waals surface area contributed by atoms with Crippen molar-refractivity contribution in [2.24, 2.45) is 0 Å². The summed E-state index contributed by atoms with van der Waals surface area (Å²) in [6, 6.07) is 0. The summed E-state index contributed by atoms with van der Waals surface area (Å²) in [6.07, 6.45) is -0.0470. The van der Waals surface area contributed by atoms with Crippen LogP contribution in [0.25, 0.3) is 0 Å². The molecule has 0 atom stereocenters. The first-order valence-corrected chi connectivity index (χ1v) is 2.90. The zero-order valence-electron chi connectivity index (χ0n) is 6.60. The van der Waals surface area contributed by atoms with Crippen LogP contribution in [0.3, 0.4) is 0 Å². The van der Waals surface area contributed by atoms with E-state index in [2.05, 4.69) is 6.58 Å². The first-order valence-electron chi connectivity index (χ1n) is 2.90. The number of rotatable bonds is 2. The van der Waals surface area contributed by atoms with Crippen molar-refractivity contribution in [3.05, 3.63) is 12.2 Å². The molecule has 0 saturated heterocycles. The van der Waals surface area contributed by atoms with E-state index in [1.54, 1.807) is 20.8 Å². The molecule has 0 N–H and O–H groups in total. The van der Waals surface area contributed by atoms with Crippen LogP contribution in [0.1, 0.15) is 20.8 Å². The van der Waals surface area contributed by atoms with Crippen LogP contribution in [0.15, 0.2) is 12.2 Å². The molecule has 0 aromatic rings. The zero-order chi connectivity index (χ0) is 7.44. The maximum Gasteiger partial charge on any atom is 0.333 e. The van der Waals surface area contributed by atoms with E-state index in [-0.39, 0.29) is 33.8 Å². The van der Waals surface area contributed by atoms with Crippen molar-refractivity contribution in [3.8, 4) is 0 Å². The van der Waals surface area contributed by atoms with Crippen LogP contribution in [0.4, 0.5) is 0 Å². The quantitative estimate of drug-likeness (QED) is 0.362. The van der Waals surface area contributed by atoms with Gasteiger partial charge >= 0.3 is 5.97 Å². The molecule has 3 heteroatoms. The second-order valence-corrected chi connectivity index (χ2v) is 2.23. The molecule has 56 valence electrons. The molecule has 0 aliphatic carbocycles. The van der Waals surface area contributed by atoms with Gasteiger partial charge in [-0.1, -0.05) is 6.58 Å². The van der Waals surface area contributed by atoms with Crippen LogP contribution < -0.4 is 0 Å². The van der Waals surface area contributed by atoms with E-state index >= 15 is 0 Å². The molecule has 10 heavy (non-hydrogen) atoms. The van der Waals surface area contributed by atoms with Crippen LogP contribution in [0.5, 0.6) is 0 Å². The van der Waals surface area contributed by atoms with Gasteiger partial charge in [0, 0.05) is 27.3 Å². The van der Waals surface area contributed by atoms with Gasteiger partial charge in [-0.2, -0.15) is 0 Å². The molecular weight excluding hydrogens is 164 g/mol. The van der Waals surface area contributed by atoms with Gasteiger partial charge in [-0.05, 0) is 20.8 Å². The van der Waals surface area contributed by atoms with Gasteiger partial charge < -0.3 is 4.74 Å². The third-order valence-electron chi connectivity index (χ3n) is 0.691. The second kappa shape index (κ2) is 5.69. The Bertz CT molecular complexity index is 130. The fourth-order valence-electron chi connectivity index (χ4n) is 0.315. The minimum atomic E-state index is -0.315. The van der Waals surface area contributed by atoms with Gasteiger partial charge in [0.15, 0.2) is 0 Å². The van der Waals surface area contributed by atoms with Gasteiger partial charge in [0.05, 0.1) is 6.10 Å². The molecule has 0 unspecified atom stereocenters. The van der Waals surface area contributed by atoms with Gasteiger partial charge in [0.1, 0.15) is 0 Å². The van der Waals surface area contributed by atoms with Gasteiger partial charge in [-0.25, -0.2) is 4.79 Å². The van der Waals surface area contributed by atoms with Crippen molar-refractivity contribution in [1.82, 2.24) is 0 Å². The van der Waals surface area contributed by atoms with Gasteiger partial charge in [-0.3, -0.25) is 0 Å². The molecule has 0 aromatic heterocycles. The van der Waals surface area contributed by atoms with E-state index in [0.29, 0.717) is 5.57 Å². The molecule has 0 spiro atoms. The Morgan fingerprint density at radius 3 is 2.00 bits per heavy atom. The molecule has 0 fully saturated rings. The van der Waals surface area contributed by atoms with Crippen LogP contribution in [0, 0.1) is 0 Å². The Balaban J connectivity index is 0. The third-order valence-corrected chi connectivity index (χ3v) is 0.691. The summed E-state index contributed by atoms with van der Waals surface area (Å²) in [5.74, 6) is -0.315. The van der Waals surface area contributed by atoms with Gasteiger partial charge in [0.2, 0.25) is 0 Å². The average Bonchev–Trinajstić information content (AvgIpc) is 1.63. The summed E-state index contributed by atoms with van der Waals surface area (Å²) >= 11 is 0. The molecule has 0 saturated carbocycles. The molecule has 0 aliphatic heterocycles. The number of esters is 1. The van der Waals surface area contributed by atoms with Crippen LogP contribution in [-0.2, 0) is 31.2 Å². The first kappa shape index (κ1) is 12.6. The first-order chi connectivity index (χ1) is 4.04. The van der Waals surface area contributed by atoms with Crippen molar-refractivity contribution >= 4 is 5.97 Å². The van der Waals surface area contributed by atoms with Crippen molar-refractivity contribution < 1.29 is 31.2 Å². The Kier molecular flexibility index (Phi) is 7.16.